The van der Waals surface area contributed by atoms with Crippen molar-refractivity contribution in [2.75, 3.05) is 11.9 Å². The van der Waals surface area contributed by atoms with Crippen molar-refractivity contribution in [1.82, 2.24) is 9.71 Å². The number of anilines is 1. The topological polar surface area (TPSA) is 71.1 Å². The predicted octanol–water partition coefficient (Wildman–Crippen LogP) is 2.92. The molecule has 0 saturated carbocycles. The van der Waals surface area contributed by atoms with E-state index in [-0.39, 0.29) is 10.9 Å². The molecule has 114 valence electrons. The van der Waals surface area contributed by atoms with Crippen LogP contribution in [0.3, 0.4) is 0 Å². The highest BCUT2D eigenvalue weighted by Gasteiger charge is 2.19. The fraction of sp³-hybridized carbons (Fsp3) is 0.357. The van der Waals surface area contributed by atoms with Gasteiger partial charge in [-0.05, 0) is 26.0 Å². The van der Waals surface area contributed by atoms with E-state index in [1.54, 1.807) is 36.5 Å². The lowest BCUT2D eigenvalue weighted by molar-refractivity contribution is 0.584. The van der Waals surface area contributed by atoms with Crippen molar-refractivity contribution in [1.29, 1.82) is 0 Å². The number of aryl methyl sites for hydroxylation is 1. The molecule has 0 spiro atoms. The summed E-state index contributed by atoms with van der Waals surface area (Å²) in [5, 5.41) is 6.15. The molecule has 21 heavy (non-hydrogen) atoms. The van der Waals surface area contributed by atoms with E-state index in [0.29, 0.717) is 12.2 Å². The van der Waals surface area contributed by atoms with Crippen molar-refractivity contribution in [3.8, 4) is 0 Å². The lowest BCUT2D eigenvalue weighted by Gasteiger charge is -2.16. The molecule has 1 heterocycles. The van der Waals surface area contributed by atoms with Gasteiger partial charge in [-0.1, -0.05) is 19.1 Å². The van der Waals surface area contributed by atoms with E-state index in [4.69, 9.17) is 0 Å². The van der Waals surface area contributed by atoms with Gasteiger partial charge in [0.15, 0.2) is 0 Å². The first-order chi connectivity index (χ1) is 9.94. The molecule has 2 N–H and O–H groups in total. The monoisotopic (exact) mass is 325 g/mol. The molecule has 0 radical (unpaired) electrons. The van der Waals surface area contributed by atoms with Crippen molar-refractivity contribution in [3.05, 3.63) is 40.3 Å². The lowest BCUT2D eigenvalue weighted by atomic mass is 10.2. The molecule has 0 aliphatic carbocycles. The van der Waals surface area contributed by atoms with Crippen LogP contribution in [0.2, 0.25) is 0 Å². The van der Waals surface area contributed by atoms with Crippen LogP contribution in [0.25, 0.3) is 0 Å². The molecular formula is C14H19N3O2S2. The van der Waals surface area contributed by atoms with Crippen molar-refractivity contribution >= 4 is 27.0 Å². The molecule has 5 nitrogen and oxygen atoms in total. The predicted molar refractivity (Wildman–Crippen MR) is 86.2 cm³/mol. The third-order valence-corrected chi connectivity index (χ3v) is 5.64. The number of benzene rings is 1. The number of thiazole rings is 1. The maximum Gasteiger partial charge on any atom is 0.242 e. The second-order valence-corrected chi connectivity index (χ2v) is 7.32. The largest absolute Gasteiger partial charge is 0.375 e. The Bertz CT molecular complexity index is 711. The first kappa shape index (κ1) is 15.9. The number of aromatic nitrogens is 1. The summed E-state index contributed by atoms with van der Waals surface area (Å²) in [6, 6.07) is 6.84. The SMILES string of the molecule is CCNS(=O)(=O)c1ccccc1NC(C)c1nc(C)cs1. The summed E-state index contributed by atoms with van der Waals surface area (Å²) in [7, 11) is -3.49. The molecule has 0 bridgehead atoms. The standard InChI is InChI=1S/C14H19N3O2S2/c1-4-15-21(18,19)13-8-6-5-7-12(13)17-11(3)14-16-10(2)9-20-14/h5-9,11,15,17H,4H2,1-3H3. The van der Waals surface area contributed by atoms with E-state index in [0.717, 1.165) is 10.7 Å². The van der Waals surface area contributed by atoms with Gasteiger partial charge in [-0.15, -0.1) is 11.3 Å². The van der Waals surface area contributed by atoms with Gasteiger partial charge in [-0.2, -0.15) is 0 Å². The van der Waals surface area contributed by atoms with Gasteiger partial charge < -0.3 is 5.32 Å². The first-order valence-electron chi connectivity index (χ1n) is 6.71. The van der Waals surface area contributed by atoms with Crippen molar-refractivity contribution in [3.63, 3.8) is 0 Å². The Morgan fingerprint density at radius 1 is 1.33 bits per heavy atom. The van der Waals surface area contributed by atoms with Gasteiger partial charge in [0.25, 0.3) is 0 Å². The van der Waals surface area contributed by atoms with Gasteiger partial charge in [0.2, 0.25) is 10.0 Å². The Balaban J connectivity index is 2.29. The van der Waals surface area contributed by atoms with Gasteiger partial charge in [0, 0.05) is 17.6 Å². The van der Waals surface area contributed by atoms with E-state index < -0.39 is 10.0 Å². The van der Waals surface area contributed by atoms with E-state index in [9.17, 15) is 8.42 Å². The van der Waals surface area contributed by atoms with E-state index in [1.165, 1.54) is 0 Å². The fourth-order valence-corrected chi connectivity index (χ4v) is 3.97. The number of nitrogens with one attached hydrogen (secondary N) is 2. The van der Waals surface area contributed by atoms with Crippen LogP contribution in [-0.2, 0) is 10.0 Å². The molecule has 7 heteroatoms. The van der Waals surface area contributed by atoms with Gasteiger partial charge in [0.05, 0.1) is 11.7 Å². The first-order valence-corrected chi connectivity index (χ1v) is 9.07. The summed E-state index contributed by atoms with van der Waals surface area (Å²) in [5.41, 5.74) is 1.55. The second-order valence-electron chi connectivity index (χ2n) is 4.69. The number of nitrogens with zero attached hydrogens (tertiary/aromatic N) is 1. The summed E-state index contributed by atoms with van der Waals surface area (Å²) < 4.78 is 26.9. The molecule has 0 aliphatic rings. The Morgan fingerprint density at radius 3 is 2.67 bits per heavy atom. The molecule has 1 unspecified atom stereocenters. The van der Waals surface area contributed by atoms with E-state index in [1.807, 2.05) is 25.3 Å². The molecule has 2 aromatic rings. The Hall–Kier alpha value is -1.44. The van der Waals surface area contributed by atoms with E-state index >= 15 is 0 Å². The van der Waals surface area contributed by atoms with Gasteiger partial charge >= 0.3 is 0 Å². The lowest BCUT2D eigenvalue weighted by Crippen LogP contribution is -2.24. The molecule has 0 saturated heterocycles. The molecule has 1 aromatic carbocycles. The molecule has 2 rings (SSSR count). The fourth-order valence-electron chi connectivity index (χ4n) is 1.95. The minimum atomic E-state index is -3.49. The van der Waals surface area contributed by atoms with Gasteiger partial charge in [0.1, 0.15) is 9.90 Å². The summed E-state index contributed by atoms with van der Waals surface area (Å²) in [6.07, 6.45) is 0. The van der Waals surface area contributed by atoms with Crippen LogP contribution in [0.4, 0.5) is 5.69 Å². The molecule has 0 amide bonds. The molecule has 1 atom stereocenters. The van der Waals surface area contributed by atoms with Crippen molar-refractivity contribution < 1.29 is 8.42 Å². The number of rotatable bonds is 6. The third kappa shape index (κ3) is 3.81. The maximum absolute atomic E-state index is 12.2. The summed E-state index contributed by atoms with van der Waals surface area (Å²) in [5.74, 6) is 0. The van der Waals surface area contributed by atoms with Gasteiger partial charge in [-0.25, -0.2) is 18.1 Å². The van der Waals surface area contributed by atoms with Crippen LogP contribution >= 0.6 is 11.3 Å². The average Bonchev–Trinajstić information content (AvgIpc) is 2.86. The zero-order valence-corrected chi connectivity index (χ0v) is 13.9. The third-order valence-electron chi connectivity index (χ3n) is 2.89. The quantitative estimate of drug-likeness (QED) is 0.856. The Labute approximate surface area is 129 Å². The molecule has 1 aromatic heterocycles. The number of hydrogen-bond acceptors (Lipinski definition) is 5. The summed E-state index contributed by atoms with van der Waals surface area (Å²) >= 11 is 1.56. The van der Waals surface area contributed by atoms with Gasteiger partial charge in [-0.3, -0.25) is 0 Å². The minimum Gasteiger partial charge on any atom is -0.375 e. The van der Waals surface area contributed by atoms with Crippen LogP contribution in [0.1, 0.15) is 30.6 Å². The summed E-state index contributed by atoms with van der Waals surface area (Å²) in [4.78, 5) is 4.68. The maximum atomic E-state index is 12.2. The van der Waals surface area contributed by atoms with Crippen LogP contribution < -0.4 is 10.0 Å². The Morgan fingerprint density at radius 2 is 2.05 bits per heavy atom. The molecule has 0 aliphatic heterocycles. The Kier molecular flexibility index (Phi) is 4.97. The number of sulfonamides is 1. The minimum absolute atomic E-state index is 0.0540. The molecular weight excluding hydrogens is 306 g/mol. The van der Waals surface area contributed by atoms with Crippen LogP contribution in [-0.4, -0.2) is 19.9 Å². The molecule has 0 fully saturated rings. The average molecular weight is 325 g/mol. The summed E-state index contributed by atoms with van der Waals surface area (Å²) in [6.45, 7) is 6.03. The van der Waals surface area contributed by atoms with E-state index in [2.05, 4.69) is 15.0 Å². The van der Waals surface area contributed by atoms with Crippen molar-refractivity contribution in [2.45, 2.75) is 31.7 Å². The smallest absolute Gasteiger partial charge is 0.242 e. The zero-order valence-electron chi connectivity index (χ0n) is 12.3. The number of para-hydroxylation sites is 1. The van der Waals surface area contributed by atoms with Crippen molar-refractivity contribution in [2.24, 2.45) is 0 Å². The van der Waals surface area contributed by atoms with Crippen LogP contribution in [0.5, 0.6) is 0 Å². The highest BCUT2D eigenvalue weighted by Crippen LogP contribution is 2.26. The zero-order chi connectivity index (χ0) is 15.5. The second kappa shape index (κ2) is 6.55. The van der Waals surface area contributed by atoms with Crippen LogP contribution in [0, 0.1) is 6.92 Å². The normalized spacial score (nSPS) is 13.1. The highest BCUT2D eigenvalue weighted by atomic mass is 32.2. The van der Waals surface area contributed by atoms with Crippen LogP contribution in [0.15, 0.2) is 34.5 Å². The number of hydrogen-bond donors (Lipinski definition) is 2. The highest BCUT2D eigenvalue weighted by molar-refractivity contribution is 7.89.